The van der Waals surface area contributed by atoms with Gasteiger partial charge >= 0.3 is 12.1 Å². The zero-order valence-electron chi connectivity index (χ0n) is 16.4. The maximum Gasteiger partial charge on any atom is 0.408 e. The average Bonchev–Trinajstić information content (AvgIpc) is 2.58. The number of carbonyl (C=O) groups excluding carboxylic acids is 3. The molecular formula is C19H27N3O6. The zero-order valence-corrected chi connectivity index (χ0v) is 16.4. The van der Waals surface area contributed by atoms with Gasteiger partial charge in [-0.2, -0.15) is 0 Å². The molecule has 0 aromatic heterocycles. The van der Waals surface area contributed by atoms with Crippen molar-refractivity contribution in [2.45, 2.75) is 51.8 Å². The van der Waals surface area contributed by atoms with Gasteiger partial charge in [-0.15, -0.1) is 0 Å². The highest BCUT2D eigenvalue weighted by Gasteiger charge is 2.25. The Hall–Kier alpha value is -3.10. The molecule has 9 heteroatoms. The van der Waals surface area contributed by atoms with Gasteiger partial charge in [-0.3, -0.25) is 14.4 Å². The second-order valence-electron chi connectivity index (χ2n) is 7.23. The number of carboxylic acid groups (broad SMARTS) is 1. The van der Waals surface area contributed by atoms with Crippen LogP contribution in [0.1, 0.15) is 33.3 Å². The van der Waals surface area contributed by atoms with Crippen LogP contribution >= 0.6 is 0 Å². The van der Waals surface area contributed by atoms with Crippen LogP contribution in [-0.4, -0.2) is 53.2 Å². The van der Waals surface area contributed by atoms with Gasteiger partial charge in [-0.1, -0.05) is 30.3 Å². The molecule has 0 aliphatic rings. The molecule has 0 radical (unpaired) electrons. The first-order valence-corrected chi connectivity index (χ1v) is 8.81. The van der Waals surface area contributed by atoms with Crippen molar-refractivity contribution in [3.05, 3.63) is 35.9 Å². The number of amides is 3. The summed E-state index contributed by atoms with van der Waals surface area (Å²) in [5.41, 5.74) is 0.0783. The van der Waals surface area contributed by atoms with Gasteiger partial charge in [0.25, 0.3) is 0 Å². The van der Waals surface area contributed by atoms with E-state index < -0.39 is 41.6 Å². The van der Waals surface area contributed by atoms with Gasteiger partial charge in [0.2, 0.25) is 11.8 Å². The Morgan fingerprint density at radius 2 is 1.68 bits per heavy atom. The van der Waals surface area contributed by atoms with Gasteiger partial charge < -0.3 is 25.8 Å². The summed E-state index contributed by atoms with van der Waals surface area (Å²) in [4.78, 5) is 47.2. The summed E-state index contributed by atoms with van der Waals surface area (Å²) in [5, 5.41) is 16.1. The van der Waals surface area contributed by atoms with Crippen LogP contribution in [0.15, 0.2) is 30.3 Å². The molecular weight excluding hydrogens is 366 g/mol. The summed E-state index contributed by atoms with van der Waals surface area (Å²) in [5.74, 6) is -2.43. The number of carboxylic acids is 1. The lowest BCUT2D eigenvalue weighted by molar-refractivity contribution is -0.141. The number of alkyl carbamates (subject to hydrolysis) is 1. The predicted octanol–water partition coefficient (Wildman–Crippen LogP) is 0.828. The number of nitrogens with one attached hydrogen (secondary N) is 3. The number of hydrogen-bond donors (Lipinski definition) is 4. The molecule has 0 spiro atoms. The highest BCUT2D eigenvalue weighted by Crippen LogP contribution is 2.06. The molecule has 28 heavy (non-hydrogen) atoms. The van der Waals surface area contributed by atoms with E-state index in [1.54, 1.807) is 45.0 Å². The zero-order chi connectivity index (χ0) is 21.3. The van der Waals surface area contributed by atoms with Gasteiger partial charge in [0, 0.05) is 6.42 Å². The summed E-state index contributed by atoms with van der Waals surface area (Å²) in [6.07, 6.45) is -0.594. The third-order valence-electron chi connectivity index (χ3n) is 3.46. The lowest BCUT2D eigenvalue weighted by atomic mass is 10.0. The lowest BCUT2D eigenvalue weighted by Crippen LogP contribution is -2.53. The van der Waals surface area contributed by atoms with Gasteiger partial charge in [-0.05, 0) is 33.3 Å². The van der Waals surface area contributed by atoms with Crippen LogP contribution in [0, 0.1) is 0 Å². The van der Waals surface area contributed by atoms with Crippen LogP contribution < -0.4 is 16.0 Å². The van der Waals surface area contributed by atoms with Crippen LogP contribution in [0.5, 0.6) is 0 Å². The third kappa shape index (κ3) is 9.02. The Bertz CT molecular complexity index is 699. The first-order valence-electron chi connectivity index (χ1n) is 8.81. The van der Waals surface area contributed by atoms with Crippen molar-refractivity contribution < 1.29 is 29.0 Å². The Labute approximate surface area is 163 Å². The number of benzene rings is 1. The molecule has 0 fully saturated rings. The number of ether oxygens (including phenoxy) is 1. The molecule has 0 heterocycles. The Morgan fingerprint density at radius 3 is 2.21 bits per heavy atom. The summed E-state index contributed by atoms with van der Waals surface area (Å²) in [7, 11) is 0. The monoisotopic (exact) mass is 393 g/mol. The highest BCUT2D eigenvalue weighted by molar-refractivity contribution is 5.91. The van der Waals surface area contributed by atoms with Crippen molar-refractivity contribution in [3.63, 3.8) is 0 Å². The number of hydrogen-bond acceptors (Lipinski definition) is 5. The molecule has 0 unspecified atom stereocenters. The first-order chi connectivity index (χ1) is 13.0. The lowest BCUT2D eigenvalue weighted by Gasteiger charge is -2.21. The van der Waals surface area contributed by atoms with Crippen molar-refractivity contribution in [2.75, 3.05) is 6.54 Å². The molecule has 154 valence electrons. The van der Waals surface area contributed by atoms with Gasteiger partial charge in [0.1, 0.15) is 24.2 Å². The van der Waals surface area contributed by atoms with E-state index in [1.807, 2.05) is 6.07 Å². The van der Waals surface area contributed by atoms with Crippen LogP contribution in [0.4, 0.5) is 4.79 Å². The average molecular weight is 393 g/mol. The summed E-state index contributed by atoms with van der Waals surface area (Å²) < 4.78 is 5.04. The number of rotatable bonds is 8. The molecule has 1 aromatic rings. The summed E-state index contributed by atoms with van der Waals surface area (Å²) in [6.45, 7) is 6.01. The molecule has 0 saturated carbocycles. The van der Waals surface area contributed by atoms with E-state index in [9.17, 15) is 19.2 Å². The number of carbonyl (C=O) groups is 4. The van der Waals surface area contributed by atoms with Gasteiger partial charge in [-0.25, -0.2) is 4.79 Å². The fourth-order valence-corrected chi connectivity index (χ4v) is 2.15. The molecule has 1 aromatic carbocycles. The minimum Gasteiger partial charge on any atom is -0.480 e. The molecule has 3 amide bonds. The molecule has 0 aliphatic heterocycles. The van der Waals surface area contributed by atoms with Crippen LogP contribution in [0.3, 0.4) is 0 Å². The van der Waals surface area contributed by atoms with E-state index in [1.165, 1.54) is 6.92 Å². The molecule has 0 bridgehead atoms. The standard InChI is InChI=1S/C19H27N3O6/c1-12(17(25)26)21-16(24)14(10-13-8-6-5-7-9-13)22-15(23)11-20-18(27)28-19(2,3)4/h5-9,12,14H,10-11H2,1-4H3,(H,20,27)(H,21,24)(H,22,23)(H,25,26)/t12-,14-/m0/s1. The van der Waals surface area contributed by atoms with E-state index in [4.69, 9.17) is 9.84 Å². The minimum atomic E-state index is -1.19. The largest absolute Gasteiger partial charge is 0.480 e. The number of aliphatic carboxylic acids is 1. The van der Waals surface area contributed by atoms with E-state index in [0.717, 1.165) is 5.56 Å². The van der Waals surface area contributed by atoms with Crippen molar-refractivity contribution >= 4 is 23.9 Å². The van der Waals surface area contributed by atoms with Crippen molar-refractivity contribution in [2.24, 2.45) is 0 Å². The quantitative estimate of drug-likeness (QED) is 0.517. The normalized spacial score (nSPS) is 13.0. The van der Waals surface area contributed by atoms with Crippen molar-refractivity contribution in [3.8, 4) is 0 Å². The van der Waals surface area contributed by atoms with E-state index >= 15 is 0 Å². The van der Waals surface area contributed by atoms with E-state index in [0.29, 0.717) is 0 Å². The maximum atomic E-state index is 12.4. The summed E-state index contributed by atoms with van der Waals surface area (Å²) >= 11 is 0. The molecule has 2 atom stereocenters. The smallest absolute Gasteiger partial charge is 0.408 e. The van der Waals surface area contributed by atoms with Crippen LogP contribution in [-0.2, 0) is 25.5 Å². The maximum absolute atomic E-state index is 12.4. The molecule has 9 nitrogen and oxygen atoms in total. The third-order valence-corrected chi connectivity index (χ3v) is 3.46. The van der Waals surface area contributed by atoms with Crippen molar-refractivity contribution in [1.82, 2.24) is 16.0 Å². The fraction of sp³-hybridized carbons (Fsp3) is 0.474. The minimum absolute atomic E-state index is 0.164. The topological polar surface area (TPSA) is 134 Å². The SMILES string of the molecule is C[C@H](NC(=O)[C@H](Cc1ccccc1)NC(=O)CNC(=O)OC(C)(C)C)C(=O)O. The van der Waals surface area contributed by atoms with Gasteiger partial charge in [0.05, 0.1) is 0 Å². The Morgan fingerprint density at radius 1 is 1.07 bits per heavy atom. The first kappa shape index (κ1) is 22.9. The molecule has 0 saturated heterocycles. The van der Waals surface area contributed by atoms with Crippen LogP contribution in [0.2, 0.25) is 0 Å². The molecule has 1 rings (SSSR count). The van der Waals surface area contributed by atoms with Crippen molar-refractivity contribution in [1.29, 1.82) is 0 Å². The second-order valence-corrected chi connectivity index (χ2v) is 7.23. The second kappa shape index (κ2) is 10.3. The van der Waals surface area contributed by atoms with E-state index in [2.05, 4.69) is 16.0 Å². The fourth-order valence-electron chi connectivity index (χ4n) is 2.15. The van der Waals surface area contributed by atoms with E-state index in [-0.39, 0.29) is 13.0 Å². The van der Waals surface area contributed by atoms with Gasteiger partial charge in [0.15, 0.2) is 0 Å². The Kier molecular flexibility index (Phi) is 8.43. The highest BCUT2D eigenvalue weighted by atomic mass is 16.6. The predicted molar refractivity (Wildman–Crippen MR) is 102 cm³/mol. The Balaban J connectivity index is 2.73. The molecule has 0 aliphatic carbocycles. The molecule has 4 N–H and O–H groups in total. The van der Waals surface area contributed by atoms with Crippen LogP contribution in [0.25, 0.3) is 0 Å². The summed E-state index contributed by atoms with van der Waals surface area (Å²) in [6, 6.07) is 6.85.